The zero-order valence-corrected chi connectivity index (χ0v) is 15.6. The van der Waals surface area contributed by atoms with Crippen molar-refractivity contribution >= 4 is 11.8 Å². The second-order valence-electron chi connectivity index (χ2n) is 7.37. The zero-order chi connectivity index (χ0) is 18.8. The summed E-state index contributed by atoms with van der Waals surface area (Å²) >= 11 is 0. The maximum absolute atomic E-state index is 12.5. The van der Waals surface area contributed by atoms with E-state index in [9.17, 15) is 9.59 Å². The van der Waals surface area contributed by atoms with E-state index in [2.05, 4.69) is 15.8 Å². The molecule has 1 aromatic carbocycles. The summed E-state index contributed by atoms with van der Waals surface area (Å²) in [5.74, 6) is -0.0352. The number of hydrogen-bond donors (Lipinski definition) is 2. The fourth-order valence-electron chi connectivity index (χ4n) is 2.78. The lowest BCUT2D eigenvalue weighted by molar-refractivity contribution is -0.124. The van der Waals surface area contributed by atoms with Crippen LogP contribution in [0.25, 0.3) is 11.3 Å². The van der Waals surface area contributed by atoms with E-state index in [4.69, 9.17) is 4.52 Å². The average molecular weight is 355 g/mol. The van der Waals surface area contributed by atoms with Crippen LogP contribution in [-0.4, -0.2) is 29.1 Å². The Morgan fingerprint density at radius 2 is 1.92 bits per heavy atom. The van der Waals surface area contributed by atoms with E-state index < -0.39 is 11.9 Å². The summed E-state index contributed by atoms with van der Waals surface area (Å²) in [5.41, 5.74) is 3.22. The molecule has 0 saturated heterocycles. The zero-order valence-electron chi connectivity index (χ0n) is 15.6. The highest BCUT2D eigenvalue weighted by atomic mass is 16.5. The SMILES string of the molecule is Cc1ccc(C)c(-c2cc(C(=O)N[C@@H](C(=O)NC3CC3)C(C)C)no2)c1. The maximum Gasteiger partial charge on any atom is 0.274 e. The highest BCUT2D eigenvalue weighted by Crippen LogP contribution is 2.25. The van der Waals surface area contributed by atoms with Crippen LogP contribution in [0.2, 0.25) is 0 Å². The lowest BCUT2D eigenvalue weighted by Crippen LogP contribution is -2.50. The third-order valence-electron chi connectivity index (χ3n) is 4.56. The number of nitrogens with zero attached hydrogens (tertiary/aromatic N) is 1. The van der Waals surface area contributed by atoms with Gasteiger partial charge in [-0.2, -0.15) is 0 Å². The summed E-state index contributed by atoms with van der Waals surface area (Å²) in [5, 5.41) is 9.61. The second-order valence-corrected chi connectivity index (χ2v) is 7.37. The molecule has 1 atom stereocenters. The summed E-state index contributed by atoms with van der Waals surface area (Å²) in [6.07, 6.45) is 2.01. The van der Waals surface area contributed by atoms with Crippen LogP contribution in [0.5, 0.6) is 0 Å². The van der Waals surface area contributed by atoms with Crippen molar-refractivity contribution in [1.29, 1.82) is 0 Å². The molecular weight excluding hydrogens is 330 g/mol. The standard InChI is InChI=1S/C20H25N3O3/c1-11(2)18(20(25)21-14-7-8-14)22-19(24)16-10-17(26-23-16)15-9-12(3)5-6-13(15)4/h5-6,9-11,14,18H,7-8H2,1-4H3,(H,21,25)(H,22,24)/t18-/m1/s1. The largest absolute Gasteiger partial charge is 0.355 e. The number of amides is 2. The first kappa shape index (κ1) is 18.2. The Morgan fingerprint density at radius 1 is 1.19 bits per heavy atom. The molecule has 1 aliphatic rings. The molecule has 0 radical (unpaired) electrons. The molecule has 138 valence electrons. The monoisotopic (exact) mass is 355 g/mol. The fraction of sp³-hybridized carbons (Fsp3) is 0.450. The molecule has 2 aromatic rings. The van der Waals surface area contributed by atoms with Crippen LogP contribution in [0.3, 0.4) is 0 Å². The van der Waals surface area contributed by atoms with E-state index in [1.807, 2.05) is 45.9 Å². The van der Waals surface area contributed by atoms with E-state index in [0.29, 0.717) is 5.76 Å². The van der Waals surface area contributed by atoms with Crippen molar-refractivity contribution in [3.05, 3.63) is 41.1 Å². The Kier molecular flexibility index (Phi) is 5.11. The van der Waals surface area contributed by atoms with E-state index >= 15 is 0 Å². The highest BCUT2D eigenvalue weighted by Gasteiger charge is 2.30. The van der Waals surface area contributed by atoms with Crippen LogP contribution in [-0.2, 0) is 4.79 Å². The third kappa shape index (κ3) is 4.12. The molecule has 1 aliphatic carbocycles. The second kappa shape index (κ2) is 7.32. The average Bonchev–Trinajstić information content (AvgIpc) is 3.26. The van der Waals surface area contributed by atoms with Crippen molar-refractivity contribution in [3.63, 3.8) is 0 Å². The maximum atomic E-state index is 12.5. The van der Waals surface area contributed by atoms with Gasteiger partial charge in [0.25, 0.3) is 5.91 Å². The first-order valence-electron chi connectivity index (χ1n) is 9.00. The quantitative estimate of drug-likeness (QED) is 0.834. The van der Waals surface area contributed by atoms with Crippen LogP contribution in [0.4, 0.5) is 0 Å². The molecular formula is C20H25N3O3. The van der Waals surface area contributed by atoms with Crippen molar-refractivity contribution < 1.29 is 14.1 Å². The normalized spacial score (nSPS) is 15.0. The summed E-state index contributed by atoms with van der Waals surface area (Å²) < 4.78 is 5.37. The predicted octanol–water partition coefficient (Wildman–Crippen LogP) is 2.99. The first-order valence-corrected chi connectivity index (χ1v) is 9.00. The smallest absolute Gasteiger partial charge is 0.274 e. The van der Waals surface area contributed by atoms with Crippen LogP contribution >= 0.6 is 0 Å². The number of hydrogen-bond acceptors (Lipinski definition) is 4. The molecule has 1 saturated carbocycles. The number of carbonyl (C=O) groups excluding carboxylic acids is 2. The Morgan fingerprint density at radius 3 is 2.58 bits per heavy atom. The van der Waals surface area contributed by atoms with Gasteiger partial charge in [0.15, 0.2) is 11.5 Å². The van der Waals surface area contributed by atoms with Crippen LogP contribution < -0.4 is 10.6 Å². The van der Waals surface area contributed by atoms with E-state index in [1.54, 1.807) is 6.07 Å². The molecule has 1 aromatic heterocycles. The lowest BCUT2D eigenvalue weighted by Gasteiger charge is -2.21. The van der Waals surface area contributed by atoms with Gasteiger partial charge in [-0.15, -0.1) is 0 Å². The lowest BCUT2D eigenvalue weighted by atomic mass is 10.0. The predicted molar refractivity (Wildman–Crippen MR) is 98.7 cm³/mol. The van der Waals surface area contributed by atoms with Crippen molar-refractivity contribution in [2.75, 3.05) is 0 Å². The molecule has 0 aliphatic heterocycles. The van der Waals surface area contributed by atoms with Crippen molar-refractivity contribution in [2.45, 2.75) is 52.6 Å². The van der Waals surface area contributed by atoms with Gasteiger partial charge in [0.05, 0.1) is 0 Å². The molecule has 0 bridgehead atoms. The number of rotatable bonds is 6. The minimum absolute atomic E-state index is 0.0249. The molecule has 2 amide bonds. The summed E-state index contributed by atoms with van der Waals surface area (Å²) in [7, 11) is 0. The Hall–Kier alpha value is -2.63. The molecule has 1 heterocycles. The van der Waals surface area contributed by atoms with Crippen molar-refractivity contribution in [1.82, 2.24) is 15.8 Å². The van der Waals surface area contributed by atoms with E-state index in [-0.39, 0.29) is 23.6 Å². The molecule has 2 N–H and O–H groups in total. The number of aryl methyl sites for hydroxylation is 2. The number of carbonyl (C=O) groups is 2. The molecule has 0 unspecified atom stereocenters. The number of aromatic nitrogens is 1. The summed E-state index contributed by atoms with van der Waals surface area (Å²) in [6, 6.07) is 7.30. The third-order valence-corrected chi connectivity index (χ3v) is 4.56. The van der Waals surface area contributed by atoms with Gasteiger partial charge in [-0.25, -0.2) is 0 Å². The summed E-state index contributed by atoms with van der Waals surface area (Å²) in [6.45, 7) is 7.79. The number of nitrogens with one attached hydrogen (secondary N) is 2. The molecule has 26 heavy (non-hydrogen) atoms. The Balaban J connectivity index is 1.74. The van der Waals surface area contributed by atoms with Crippen LogP contribution in [0, 0.1) is 19.8 Å². The van der Waals surface area contributed by atoms with Crippen LogP contribution in [0.1, 0.15) is 48.3 Å². The molecule has 1 fully saturated rings. The molecule has 6 heteroatoms. The van der Waals surface area contributed by atoms with Gasteiger partial charge in [0, 0.05) is 17.7 Å². The van der Waals surface area contributed by atoms with Gasteiger partial charge in [0.2, 0.25) is 5.91 Å². The van der Waals surface area contributed by atoms with Crippen LogP contribution in [0.15, 0.2) is 28.8 Å². The fourth-order valence-corrected chi connectivity index (χ4v) is 2.78. The van der Waals surface area contributed by atoms with Gasteiger partial charge in [-0.05, 0) is 44.2 Å². The van der Waals surface area contributed by atoms with Gasteiger partial charge in [-0.1, -0.05) is 36.7 Å². The van der Waals surface area contributed by atoms with E-state index in [0.717, 1.165) is 29.5 Å². The van der Waals surface area contributed by atoms with Crippen molar-refractivity contribution in [3.8, 4) is 11.3 Å². The minimum Gasteiger partial charge on any atom is -0.355 e. The molecule has 3 rings (SSSR count). The first-order chi connectivity index (χ1) is 12.3. The Labute approximate surface area is 153 Å². The van der Waals surface area contributed by atoms with Gasteiger partial charge in [-0.3, -0.25) is 9.59 Å². The molecule has 6 nitrogen and oxygen atoms in total. The van der Waals surface area contributed by atoms with Gasteiger partial charge in [0.1, 0.15) is 6.04 Å². The number of benzene rings is 1. The van der Waals surface area contributed by atoms with E-state index in [1.165, 1.54) is 0 Å². The topological polar surface area (TPSA) is 84.2 Å². The summed E-state index contributed by atoms with van der Waals surface area (Å²) in [4.78, 5) is 24.9. The molecule has 0 spiro atoms. The van der Waals surface area contributed by atoms with Gasteiger partial charge < -0.3 is 15.2 Å². The highest BCUT2D eigenvalue weighted by molar-refractivity contribution is 5.96. The minimum atomic E-state index is -0.594. The van der Waals surface area contributed by atoms with Crippen molar-refractivity contribution in [2.24, 2.45) is 5.92 Å². The van der Waals surface area contributed by atoms with Gasteiger partial charge >= 0.3 is 0 Å². The Bertz CT molecular complexity index is 821.